The van der Waals surface area contributed by atoms with Crippen LogP contribution in [0, 0.1) is 0 Å². The van der Waals surface area contributed by atoms with E-state index in [2.05, 4.69) is 10.6 Å². The van der Waals surface area contributed by atoms with Crippen LogP contribution in [0.25, 0.3) is 0 Å². The molecular weight excluding hydrogens is 394 g/mol. The number of imide groups is 1. The van der Waals surface area contributed by atoms with E-state index in [4.69, 9.17) is 16.3 Å². The summed E-state index contributed by atoms with van der Waals surface area (Å²) in [5, 5.41) is 6.00. The van der Waals surface area contributed by atoms with Gasteiger partial charge in [0.2, 0.25) is 5.91 Å². The van der Waals surface area contributed by atoms with Gasteiger partial charge in [0.1, 0.15) is 17.8 Å². The number of hydrogen-bond donors (Lipinski definition) is 2. The molecule has 0 saturated carbocycles. The van der Waals surface area contributed by atoms with Gasteiger partial charge in [-0.05, 0) is 37.6 Å². The van der Waals surface area contributed by atoms with E-state index in [0.29, 0.717) is 16.3 Å². The molecule has 1 fully saturated rings. The highest BCUT2D eigenvalue weighted by Crippen LogP contribution is 2.30. The predicted molar refractivity (Wildman–Crippen MR) is 109 cm³/mol. The second-order valence-corrected chi connectivity index (χ2v) is 7.42. The van der Waals surface area contributed by atoms with Gasteiger partial charge < -0.3 is 15.4 Å². The number of rotatable bonds is 6. The summed E-state index contributed by atoms with van der Waals surface area (Å²) in [5.41, 5.74) is 0.132. The number of amides is 4. The highest BCUT2D eigenvalue weighted by Gasteiger charge is 2.49. The van der Waals surface area contributed by atoms with Crippen LogP contribution in [0.15, 0.2) is 48.5 Å². The Morgan fingerprint density at radius 1 is 1.21 bits per heavy atom. The first kappa shape index (κ1) is 20.7. The molecule has 4 amide bonds. The smallest absolute Gasteiger partial charge is 0.325 e. The Bertz CT molecular complexity index is 947. The van der Waals surface area contributed by atoms with Crippen LogP contribution in [-0.4, -0.2) is 36.4 Å². The lowest BCUT2D eigenvalue weighted by Gasteiger charge is -2.22. The van der Waals surface area contributed by atoms with Gasteiger partial charge in [0, 0.05) is 10.6 Å². The molecule has 0 aromatic heterocycles. The summed E-state index contributed by atoms with van der Waals surface area (Å²) in [7, 11) is 1.55. The topological polar surface area (TPSA) is 87.7 Å². The molecule has 2 atom stereocenters. The van der Waals surface area contributed by atoms with Gasteiger partial charge in [0.25, 0.3) is 5.91 Å². The predicted octanol–water partition coefficient (Wildman–Crippen LogP) is 2.99. The van der Waals surface area contributed by atoms with Crippen LogP contribution < -0.4 is 15.4 Å². The molecule has 3 rings (SSSR count). The van der Waals surface area contributed by atoms with E-state index in [1.165, 1.54) is 0 Å². The molecule has 1 saturated heterocycles. The van der Waals surface area contributed by atoms with Crippen molar-refractivity contribution in [1.29, 1.82) is 0 Å². The van der Waals surface area contributed by atoms with Crippen LogP contribution in [-0.2, 0) is 15.1 Å². The minimum Gasteiger partial charge on any atom is -0.496 e. The number of benzene rings is 2. The lowest BCUT2D eigenvalue weighted by molar-refractivity contribution is -0.135. The molecule has 29 heavy (non-hydrogen) atoms. The number of para-hydroxylation sites is 1. The number of carbonyl (C=O) groups excluding carboxylic acids is 3. The molecule has 2 aromatic rings. The minimum atomic E-state index is -1.25. The zero-order valence-electron chi connectivity index (χ0n) is 16.4. The Kier molecular flexibility index (Phi) is 5.79. The fourth-order valence-electron chi connectivity index (χ4n) is 3.35. The number of ether oxygens (including phenoxy) is 1. The maximum absolute atomic E-state index is 12.9. The molecule has 7 nitrogen and oxygen atoms in total. The summed E-state index contributed by atoms with van der Waals surface area (Å²) < 4.78 is 5.31. The zero-order valence-corrected chi connectivity index (χ0v) is 17.1. The van der Waals surface area contributed by atoms with Gasteiger partial charge in [-0.3, -0.25) is 14.5 Å². The van der Waals surface area contributed by atoms with Crippen molar-refractivity contribution >= 4 is 29.4 Å². The number of nitrogens with one attached hydrogen (secondary N) is 2. The van der Waals surface area contributed by atoms with Crippen LogP contribution in [0.2, 0.25) is 5.02 Å². The third kappa shape index (κ3) is 4.05. The second-order valence-electron chi connectivity index (χ2n) is 6.98. The molecule has 1 heterocycles. The number of halogens is 1. The van der Waals surface area contributed by atoms with Crippen molar-refractivity contribution in [3.63, 3.8) is 0 Å². The molecule has 0 spiro atoms. The highest BCUT2D eigenvalue weighted by molar-refractivity contribution is 6.30. The molecule has 8 heteroatoms. The monoisotopic (exact) mass is 415 g/mol. The van der Waals surface area contributed by atoms with Crippen molar-refractivity contribution in [3.8, 4) is 5.75 Å². The van der Waals surface area contributed by atoms with Gasteiger partial charge in [0.15, 0.2) is 0 Å². The number of urea groups is 1. The number of hydrogen-bond acceptors (Lipinski definition) is 4. The maximum Gasteiger partial charge on any atom is 0.325 e. The van der Waals surface area contributed by atoms with Crippen LogP contribution in [0.4, 0.5) is 4.79 Å². The first-order valence-corrected chi connectivity index (χ1v) is 9.46. The highest BCUT2D eigenvalue weighted by atomic mass is 35.5. The van der Waals surface area contributed by atoms with Crippen LogP contribution in [0.3, 0.4) is 0 Å². The van der Waals surface area contributed by atoms with E-state index in [0.717, 1.165) is 10.5 Å². The SMILES string of the molecule is COc1ccccc1C(C)NC(=O)CN1C(=O)NC(C)(c2ccc(Cl)cc2)C1=O. The maximum atomic E-state index is 12.9. The zero-order chi connectivity index (χ0) is 21.2. The molecule has 2 N–H and O–H groups in total. The Labute approximate surface area is 174 Å². The third-order valence-electron chi connectivity index (χ3n) is 4.98. The van der Waals surface area contributed by atoms with E-state index in [1.54, 1.807) is 51.3 Å². The number of nitrogens with zero attached hydrogens (tertiary/aromatic N) is 1. The molecule has 2 aromatic carbocycles. The summed E-state index contributed by atoms with van der Waals surface area (Å²) in [6, 6.07) is 13.0. The second kappa shape index (κ2) is 8.13. The number of carbonyl (C=O) groups is 3. The van der Waals surface area contributed by atoms with Crippen molar-refractivity contribution in [3.05, 3.63) is 64.7 Å². The van der Waals surface area contributed by atoms with Crippen molar-refractivity contribution < 1.29 is 19.1 Å². The first-order valence-electron chi connectivity index (χ1n) is 9.08. The summed E-state index contributed by atoms with van der Waals surface area (Å²) in [5.74, 6) is -0.303. The summed E-state index contributed by atoms with van der Waals surface area (Å²) in [6.45, 7) is 3.03. The van der Waals surface area contributed by atoms with Crippen molar-refractivity contribution in [2.45, 2.75) is 25.4 Å². The molecule has 1 aliphatic heterocycles. The summed E-state index contributed by atoms with van der Waals surface area (Å²) in [4.78, 5) is 38.8. The first-order chi connectivity index (χ1) is 13.8. The molecule has 152 valence electrons. The van der Waals surface area contributed by atoms with E-state index in [-0.39, 0.29) is 12.6 Å². The van der Waals surface area contributed by atoms with E-state index < -0.39 is 23.4 Å². The van der Waals surface area contributed by atoms with Crippen molar-refractivity contribution in [2.24, 2.45) is 0 Å². The van der Waals surface area contributed by atoms with Gasteiger partial charge in [-0.25, -0.2) is 4.79 Å². The number of methoxy groups -OCH3 is 1. The third-order valence-corrected chi connectivity index (χ3v) is 5.23. The normalized spacial score (nSPS) is 19.7. The minimum absolute atomic E-state index is 0.359. The summed E-state index contributed by atoms with van der Waals surface area (Å²) in [6.07, 6.45) is 0. The van der Waals surface area contributed by atoms with Crippen molar-refractivity contribution in [1.82, 2.24) is 15.5 Å². The van der Waals surface area contributed by atoms with Gasteiger partial charge in [0.05, 0.1) is 13.2 Å². The van der Waals surface area contributed by atoms with Gasteiger partial charge in [-0.2, -0.15) is 0 Å². The van der Waals surface area contributed by atoms with E-state index >= 15 is 0 Å². The molecule has 0 bridgehead atoms. The van der Waals surface area contributed by atoms with Crippen molar-refractivity contribution in [2.75, 3.05) is 13.7 Å². The average Bonchev–Trinajstić information content (AvgIpc) is 2.92. The van der Waals surface area contributed by atoms with Gasteiger partial charge in [-0.1, -0.05) is 41.9 Å². The molecular formula is C21H22ClN3O4. The van der Waals surface area contributed by atoms with Gasteiger partial charge in [-0.15, -0.1) is 0 Å². The molecule has 0 radical (unpaired) electrons. The van der Waals surface area contributed by atoms with Crippen LogP contribution >= 0.6 is 11.6 Å². The van der Waals surface area contributed by atoms with Gasteiger partial charge >= 0.3 is 6.03 Å². The fraction of sp³-hybridized carbons (Fsp3) is 0.286. The van der Waals surface area contributed by atoms with Crippen LogP contribution in [0.1, 0.15) is 31.0 Å². The standard InChI is InChI=1S/C21H22ClN3O4/c1-13(16-6-4-5-7-17(16)29-3)23-18(26)12-25-19(27)21(2,24-20(25)28)14-8-10-15(22)11-9-14/h4-11,13H,12H2,1-3H3,(H,23,26)(H,24,28). The molecule has 0 aliphatic carbocycles. The Morgan fingerprint density at radius 2 is 1.86 bits per heavy atom. The summed E-state index contributed by atoms with van der Waals surface area (Å²) >= 11 is 5.90. The van der Waals surface area contributed by atoms with Crippen LogP contribution in [0.5, 0.6) is 5.75 Å². The Morgan fingerprint density at radius 3 is 2.52 bits per heavy atom. The quantitative estimate of drug-likeness (QED) is 0.710. The molecule has 2 unspecified atom stereocenters. The molecule has 1 aliphatic rings. The largest absolute Gasteiger partial charge is 0.496 e. The average molecular weight is 416 g/mol. The fourth-order valence-corrected chi connectivity index (χ4v) is 3.48. The Hall–Kier alpha value is -3.06. The van der Waals surface area contributed by atoms with E-state index in [1.807, 2.05) is 18.2 Å². The lowest BCUT2D eigenvalue weighted by Crippen LogP contribution is -2.43. The Balaban J connectivity index is 1.71. The van der Waals surface area contributed by atoms with E-state index in [9.17, 15) is 14.4 Å². The lowest BCUT2D eigenvalue weighted by atomic mass is 9.92.